The van der Waals surface area contributed by atoms with E-state index in [1.54, 1.807) is 28.6 Å². The van der Waals surface area contributed by atoms with Gasteiger partial charge in [-0.25, -0.2) is 0 Å². The lowest BCUT2D eigenvalue weighted by molar-refractivity contribution is -0.134. The van der Waals surface area contributed by atoms with Gasteiger partial charge in [-0.15, -0.1) is 11.3 Å². The Balaban J connectivity index is 1.52. The van der Waals surface area contributed by atoms with E-state index in [1.807, 2.05) is 25.1 Å². The number of thiophene rings is 1. The summed E-state index contributed by atoms with van der Waals surface area (Å²) >= 11 is 1.73. The molecule has 0 spiro atoms. The third kappa shape index (κ3) is 3.97. The highest BCUT2D eigenvalue weighted by Gasteiger charge is 2.48. The van der Waals surface area contributed by atoms with Crippen molar-refractivity contribution in [3.05, 3.63) is 52.8 Å². The van der Waals surface area contributed by atoms with Crippen molar-refractivity contribution in [2.75, 3.05) is 0 Å². The Morgan fingerprint density at radius 1 is 1.27 bits per heavy atom. The van der Waals surface area contributed by atoms with Crippen molar-refractivity contribution < 1.29 is 9.59 Å². The highest BCUT2D eigenvalue weighted by Crippen LogP contribution is 2.37. The number of hydrogen-bond donors (Lipinski definition) is 1. The van der Waals surface area contributed by atoms with Gasteiger partial charge in [0.15, 0.2) is 0 Å². The zero-order chi connectivity index (χ0) is 23.2. The Morgan fingerprint density at radius 2 is 2.06 bits per heavy atom. The second-order valence-corrected chi connectivity index (χ2v) is 11.1. The molecule has 0 saturated heterocycles. The second-order valence-electron chi connectivity index (χ2n) is 9.89. The highest BCUT2D eigenvalue weighted by molar-refractivity contribution is 7.19. The van der Waals surface area contributed by atoms with E-state index in [9.17, 15) is 9.59 Å². The first-order valence-corrected chi connectivity index (χ1v) is 12.8. The smallest absolute Gasteiger partial charge is 0.271 e. The number of rotatable bonds is 5. The van der Waals surface area contributed by atoms with Gasteiger partial charge in [-0.1, -0.05) is 19.9 Å². The van der Waals surface area contributed by atoms with Crippen molar-refractivity contribution in [3.63, 3.8) is 0 Å². The number of nitrogens with zero attached hydrogens (tertiary/aromatic N) is 3. The molecule has 1 aliphatic heterocycles. The van der Waals surface area contributed by atoms with E-state index in [2.05, 4.69) is 34.8 Å². The number of aryl methyl sites for hydroxylation is 1. The summed E-state index contributed by atoms with van der Waals surface area (Å²) in [6.45, 7) is 7.15. The quantitative estimate of drug-likeness (QED) is 0.591. The Kier molecular flexibility index (Phi) is 5.77. The van der Waals surface area contributed by atoms with Crippen LogP contribution in [0.25, 0.3) is 10.2 Å². The normalized spacial score (nSPS) is 25.3. The molecule has 0 aromatic carbocycles. The number of amides is 2. The molecule has 4 heterocycles. The summed E-state index contributed by atoms with van der Waals surface area (Å²) in [5.74, 6) is 0.563. The third-order valence-electron chi connectivity index (χ3n) is 7.42. The molecule has 3 aromatic heterocycles. The van der Waals surface area contributed by atoms with Crippen LogP contribution in [0.4, 0.5) is 0 Å². The average molecular weight is 465 g/mol. The van der Waals surface area contributed by atoms with E-state index in [-0.39, 0.29) is 17.9 Å². The standard InChI is InChI=1S/C26H32N4O2S/c1-4-20-12-21-23(33-20)13-22-24(31)30(15-18-6-5-11-27-14-18)26(3,16-29(21)22)25(32)28-19-9-7-17(2)8-10-19/h5-6,11-14,17,19H,4,7-10,15-16H2,1-3H3,(H,28,32). The molecule has 1 unspecified atom stereocenters. The van der Waals surface area contributed by atoms with Gasteiger partial charge in [0.25, 0.3) is 5.91 Å². The molecule has 1 fully saturated rings. The number of hydrogen-bond acceptors (Lipinski definition) is 4. The van der Waals surface area contributed by atoms with Gasteiger partial charge in [-0.2, -0.15) is 0 Å². The molecular formula is C26H32N4O2S. The van der Waals surface area contributed by atoms with Crippen LogP contribution in [0.15, 0.2) is 36.7 Å². The van der Waals surface area contributed by atoms with Crippen LogP contribution in [0, 0.1) is 5.92 Å². The molecule has 33 heavy (non-hydrogen) atoms. The van der Waals surface area contributed by atoms with Gasteiger partial charge in [0, 0.05) is 29.9 Å². The molecule has 2 amide bonds. The Hall–Kier alpha value is -2.67. The van der Waals surface area contributed by atoms with E-state index in [0.717, 1.165) is 47.9 Å². The Labute approximate surface area is 199 Å². The van der Waals surface area contributed by atoms with Gasteiger partial charge in [0.2, 0.25) is 5.91 Å². The zero-order valence-corrected chi connectivity index (χ0v) is 20.5. The molecular weight excluding hydrogens is 432 g/mol. The van der Waals surface area contributed by atoms with Gasteiger partial charge in [0.1, 0.15) is 11.2 Å². The van der Waals surface area contributed by atoms with E-state index < -0.39 is 5.54 Å². The van der Waals surface area contributed by atoms with Crippen LogP contribution in [0.5, 0.6) is 0 Å². The van der Waals surface area contributed by atoms with Crippen LogP contribution >= 0.6 is 11.3 Å². The van der Waals surface area contributed by atoms with Crippen LogP contribution in [-0.2, 0) is 24.3 Å². The van der Waals surface area contributed by atoms with E-state index >= 15 is 0 Å². The molecule has 0 radical (unpaired) electrons. The number of carbonyl (C=O) groups excluding carboxylic acids is 2. The summed E-state index contributed by atoms with van der Waals surface area (Å²) in [6, 6.07) is 8.18. The topological polar surface area (TPSA) is 67.2 Å². The molecule has 1 aliphatic carbocycles. The summed E-state index contributed by atoms with van der Waals surface area (Å²) in [5, 5.41) is 3.31. The molecule has 1 N–H and O–H groups in total. The van der Waals surface area contributed by atoms with Crippen molar-refractivity contribution >= 4 is 33.4 Å². The number of aromatic nitrogens is 2. The van der Waals surface area contributed by atoms with Crippen molar-refractivity contribution in [3.8, 4) is 0 Å². The van der Waals surface area contributed by atoms with Crippen LogP contribution < -0.4 is 5.32 Å². The monoisotopic (exact) mass is 464 g/mol. The molecule has 5 rings (SSSR count). The van der Waals surface area contributed by atoms with Crippen molar-refractivity contribution in [2.45, 2.75) is 77.5 Å². The predicted molar refractivity (Wildman–Crippen MR) is 131 cm³/mol. The molecule has 1 saturated carbocycles. The second kappa shape index (κ2) is 8.60. The van der Waals surface area contributed by atoms with Gasteiger partial charge in [-0.05, 0) is 68.7 Å². The minimum Gasteiger partial charge on any atom is -0.351 e. The fraction of sp³-hybridized carbons (Fsp3) is 0.500. The van der Waals surface area contributed by atoms with E-state index in [1.165, 1.54) is 4.88 Å². The van der Waals surface area contributed by atoms with Gasteiger partial charge in [-0.3, -0.25) is 14.6 Å². The molecule has 6 nitrogen and oxygen atoms in total. The summed E-state index contributed by atoms with van der Waals surface area (Å²) in [4.78, 5) is 34.9. The first kappa shape index (κ1) is 22.1. The molecule has 174 valence electrons. The zero-order valence-electron chi connectivity index (χ0n) is 19.6. The van der Waals surface area contributed by atoms with E-state index in [0.29, 0.717) is 24.7 Å². The maximum Gasteiger partial charge on any atom is 0.271 e. The minimum absolute atomic E-state index is 0.0577. The van der Waals surface area contributed by atoms with Crippen LogP contribution in [0.3, 0.4) is 0 Å². The number of pyridine rings is 1. The summed E-state index contributed by atoms with van der Waals surface area (Å²) in [5.41, 5.74) is 1.67. The van der Waals surface area contributed by atoms with Gasteiger partial charge in [0.05, 0.1) is 16.8 Å². The fourth-order valence-corrected chi connectivity index (χ4v) is 6.27. The Bertz CT molecular complexity index is 1180. The first-order chi connectivity index (χ1) is 15.9. The number of nitrogens with one attached hydrogen (secondary N) is 1. The third-order valence-corrected chi connectivity index (χ3v) is 8.63. The SMILES string of the molecule is CCc1cc2c(cc3n2CC(C)(C(=O)NC2CCC(C)CC2)N(Cc2cccnc2)C3=O)s1. The number of carbonyl (C=O) groups is 2. The maximum absolute atomic E-state index is 13.8. The molecule has 1 atom stereocenters. The molecule has 7 heteroatoms. The van der Waals surface area contributed by atoms with Gasteiger partial charge < -0.3 is 14.8 Å². The lowest BCUT2D eigenvalue weighted by atomic mass is 9.86. The van der Waals surface area contributed by atoms with Crippen molar-refractivity contribution in [2.24, 2.45) is 5.92 Å². The highest BCUT2D eigenvalue weighted by atomic mass is 32.1. The number of fused-ring (bicyclic) bond motifs is 3. The van der Waals surface area contributed by atoms with Crippen molar-refractivity contribution in [1.29, 1.82) is 0 Å². The molecule has 0 bridgehead atoms. The van der Waals surface area contributed by atoms with Crippen LogP contribution in [0.2, 0.25) is 0 Å². The Morgan fingerprint density at radius 3 is 2.76 bits per heavy atom. The minimum atomic E-state index is -0.983. The molecule has 2 aliphatic rings. The van der Waals surface area contributed by atoms with Crippen LogP contribution in [0.1, 0.15) is 67.4 Å². The predicted octanol–water partition coefficient (Wildman–Crippen LogP) is 4.77. The lowest BCUT2D eigenvalue weighted by Gasteiger charge is -2.45. The average Bonchev–Trinajstić information content (AvgIpc) is 3.37. The largest absolute Gasteiger partial charge is 0.351 e. The fourth-order valence-electron chi connectivity index (χ4n) is 5.23. The summed E-state index contributed by atoms with van der Waals surface area (Å²) in [7, 11) is 0. The maximum atomic E-state index is 13.8. The first-order valence-electron chi connectivity index (χ1n) is 12.0. The molecule has 3 aromatic rings. The summed E-state index contributed by atoms with van der Waals surface area (Å²) in [6.07, 6.45) is 8.74. The van der Waals surface area contributed by atoms with E-state index in [4.69, 9.17) is 0 Å². The lowest BCUT2D eigenvalue weighted by Crippen LogP contribution is -2.64. The summed E-state index contributed by atoms with van der Waals surface area (Å²) < 4.78 is 3.18. The van der Waals surface area contributed by atoms with Gasteiger partial charge >= 0.3 is 0 Å². The van der Waals surface area contributed by atoms with Crippen LogP contribution in [-0.4, -0.2) is 37.8 Å². The van der Waals surface area contributed by atoms with Crippen molar-refractivity contribution in [1.82, 2.24) is 19.8 Å².